The molecule has 1 amide bonds. The summed E-state index contributed by atoms with van der Waals surface area (Å²) in [4.78, 5) is 19.1. The number of morpholine rings is 1. The third kappa shape index (κ3) is 4.59. The van der Waals surface area contributed by atoms with E-state index in [4.69, 9.17) is 4.74 Å². The van der Waals surface area contributed by atoms with Crippen molar-refractivity contribution in [1.82, 2.24) is 15.2 Å². The number of rotatable bonds is 6. The summed E-state index contributed by atoms with van der Waals surface area (Å²) in [5.41, 5.74) is 3.05. The van der Waals surface area contributed by atoms with Crippen LogP contribution in [0.15, 0.2) is 42.6 Å². The highest BCUT2D eigenvalue weighted by molar-refractivity contribution is 5.94. The highest BCUT2D eigenvalue weighted by Crippen LogP contribution is 2.22. The Morgan fingerprint density at radius 2 is 1.96 bits per heavy atom. The van der Waals surface area contributed by atoms with Gasteiger partial charge < -0.3 is 15.4 Å². The fourth-order valence-corrected chi connectivity index (χ4v) is 3.14. The maximum atomic E-state index is 12.6. The normalized spacial score (nSPS) is 16.1. The summed E-state index contributed by atoms with van der Waals surface area (Å²) in [6.45, 7) is 5.83. The lowest BCUT2D eigenvalue weighted by Crippen LogP contribution is -2.43. The number of nitrogens with one attached hydrogen (secondary N) is 2. The fraction of sp³-hybridized carbons (Fsp3) is 0.400. The Bertz CT molecular complexity index is 727. The first-order valence-corrected chi connectivity index (χ1v) is 8.98. The molecule has 6 nitrogen and oxygen atoms in total. The molecule has 1 fully saturated rings. The first kappa shape index (κ1) is 18.4. The molecule has 0 aliphatic carbocycles. The second kappa shape index (κ2) is 8.78. The van der Waals surface area contributed by atoms with Crippen LogP contribution in [-0.4, -0.2) is 55.7 Å². The zero-order valence-electron chi connectivity index (χ0n) is 15.4. The average Bonchev–Trinajstić information content (AvgIpc) is 2.70. The van der Waals surface area contributed by atoms with Gasteiger partial charge in [-0.3, -0.25) is 9.69 Å². The molecule has 0 saturated carbocycles. The topological polar surface area (TPSA) is 66.5 Å². The van der Waals surface area contributed by atoms with Gasteiger partial charge in [0.25, 0.3) is 5.91 Å². The number of hydrogen-bond acceptors (Lipinski definition) is 5. The van der Waals surface area contributed by atoms with Gasteiger partial charge in [0.15, 0.2) is 0 Å². The van der Waals surface area contributed by atoms with Crippen molar-refractivity contribution in [3.05, 3.63) is 59.3 Å². The molecule has 26 heavy (non-hydrogen) atoms. The maximum Gasteiger partial charge on any atom is 0.251 e. The number of aryl methyl sites for hydroxylation is 1. The van der Waals surface area contributed by atoms with Gasteiger partial charge in [-0.25, -0.2) is 4.98 Å². The van der Waals surface area contributed by atoms with Gasteiger partial charge in [0, 0.05) is 38.4 Å². The zero-order valence-corrected chi connectivity index (χ0v) is 15.4. The van der Waals surface area contributed by atoms with Crippen LogP contribution in [0.25, 0.3) is 0 Å². The van der Waals surface area contributed by atoms with Crippen molar-refractivity contribution in [2.45, 2.75) is 13.0 Å². The first-order chi connectivity index (χ1) is 12.7. The lowest BCUT2D eigenvalue weighted by Gasteiger charge is -2.35. The van der Waals surface area contributed by atoms with Crippen molar-refractivity contribution in [2.75, 3.05) is 45.2 Å². The van der Waals surface area contributed by atoms with Crippen molar-refractivity contribution < 1.29 is 9.53 Å². The number of ether oxygens (including phenoxy) is 1. The molecule has 0 bridgehead atoms. The molecule has 1 atom stereocenters. The van der Waals surface area contributed by atoms with Gasteiger partial charge in [0.2, 0.25) is 0 Å². The van der Waals surface area contributed by atoms with Crippen LogP contribution in [0.5, 0.6) is 0 Å². The summed E-state index contributed by atoms with van der Waals surface area (Å²) in [6, 6.07) is 12.1. The molecular weight excluding hydrogens is 328 g/mol. The van der Waals surface area contributed by atoms with E-state index < -0.39 is 0 Å². The third-order valence-corrected chi connectivity index (χ3v) is 4.68. The van der Waals surface area contributed by atoms with Gasteiger partial charge in [-0.15, -0.1) is 0 Å². The van der Waals surface area contributed by atoms with Gasteiger partial charge in [0.05, 0.1) is 19.3 Å². The minimum atomic E-state index is -0.0886. The Kier molecular flexibility index (Phi) is 6.20. The highest BCUT2D eigenvalue weighted by Gasteiger charge is 2.23. The van der Waals surface area contributed by atoms with Crippen molar-refractivity contribution in [3.8, 4) is 0 Å². The summed E-state index contributed by atoms with van der Waals surface area (Å²) in [5.74, 6) is 0.593. The summed E-state index contributed by atoms with van der Waals surface area (Å²) in [5, 5.41) is 6.04. The molecule has 2 heterocycles. The van der Waals surface area contributed by atoms with E-state index >= 15 is 0 Å². The molecule has 1 aromatic carbocycles. The van der Waals surface area contributed by atoms with Gasteiger partial charge in [0.1, 0.15) is 5.82 Å². The van der Waals surface area contributed by atoms with Crippen LogP contribution in [0.2, 0.25) is 0 Å². The van der Waals surface area contributed by atoms with E-state index in [0.29, 0.717) is 17.9 Å². The van der Waals surface area contributed by atoms with Crippen LogP contribution in [0, 0.1) is 6.92 Å². The first-order valence-electron chi connectivity index (χ1n) is 8.98. The van der Waals surface area contributed by atoms with Crippen molar-refractivity contribution >= 4 is 11.7 Å². The van der Waals surface area contributed by atoms with E-state index in [2.05, 4.69) is 51.7 Å². The third-order valence-electron chi connectivity index (χ3n) is 4.68. The molecule has 2 aromatic rings. The van der Waals surface area contributed by atoms with Crippen LogP contribution < -0.4 is 10.6 Å². The molecule has 1 aromatic heterocycles. The van der Waals surface area contributed by atoms with Crippen LogP contribution in [-0.2, 0) is 4.74 Å². The number of hydrogen-bond donors (Lipinski definition) is 2. The molecule has 3 rings (SSSR count). The maximum absolute atomic E-state index is 12.6. The smallest absolute Gasteiger partial charge is 0.251 e. The van der Waals surface area contributed by atoms with E-state index in [0.717, 1.165) is 26.3 Å². The molecule has 1 aliphatic rings. The predicted molar refractivity (Wildman–Crippen MR) is 102 cm³/mol. The number of benzene rings is 1. The molecule has 0 spiro atoms. The number of pyridine rings is 1. The minimum absolute atomic E-state index is 0.0886. The van der Waals surface area contributed by atoms with Gasteiger partial charge in [-0.05, 0) is 24.6 Å². The Hall–Kier alpha value is -2.44. The van der Waals surface area contributed by atoms with Crippen LogP contribution in [0.1, 0.15) is 27.5 Å². The Morgan fingerprint density at radius 1 is 1.23 bits per heavy atom. The molecule has 1 aliphatic heterocycles. The van der Waals surface area contributed by atoms with Crippen molar-refractivity contribution in [1.29, 1.82) is 0 Å². The molecule has 1 unspecified atom stereocenters. The molecular formula is C20H26N4O2. The molecule has 6 heteroatoms. The summed E-state index contributed by atoms with van der Waals surface area (Å²) in [6.07, 6.45) is 1.64. The summed E-state index contributed by atoms with van der Waals surface area (Å²) >= 11 is 0. The van der Waals surface area contributed by atoms with Gasteiger partial charge in [-0.1, -0.05) is 29.8 Å². The number of nitrogens with zero attached hydrogens (tertiary/aromatic N) is 2. The number of amides is 1. The molecule has 1 saturated heterocycles. The van der Waals surface area contributed by atoms with E-state index in [-0.39, 0.29) is 11.9 Å². The SMILES string of the molecule is CNc1cc(C(=O)NCC(c2ccc(C)cc2)N2CCOCC2)ccn1. The molecule has 2 N–H and O–H groups in total. The average molecular weight is 354 g/mol. The summed E-state index contributed by atoms with van der Waals surface area (Å²) < 4.78 is 5.48. The van der Waals surface area contributed by atoms with Gasteiger partial charge in [-0.2, -0.15) is 0 Å². The Labute approximate surface area is 154 Å². The fourth-order valence-electron chi connectivity index (χ4n) is 3.14. The van der Waals surface area contributed by atoms with E-state index in [1.807, 2.05) is 0 Å². The van der Waals surface area contributed by atoms with Crippen LogP contribution in [0.4, 0.5) is 5.82 Å². The minimum Gasteiger partial charge on any atom is -0.379 e. The monoisotopic (exact) mass is 354 g/mol. The predicted octanol–water partition coefficient (Wildman–Crippen LogP) is 2.24. The highest BCUT2D eigenvalue weighted by atomic mass is 16.5. The molecule has 0 radical (unpaired) electrons. The van der Waals surface area contributed by atoms with E-state index in [1.165, 1.54) is 11.1 Å². The largest absolute Gasteiger partial charge is 0.379 e. The van der Waals surface area contributed by atoms with Crippen molar-refractivity contribution in [3.63, 3.8) is 0 Å². The summed E-state index contributed by atoms with van der Waals surface area (Å²) in [7, 11) is 1.79. The lowest BCUT2D eigenvalue weighted by atomic mass is 10.0. The standard InChI is InChI=1S/C20H26N4O2/c1-15-3-5-16(6-4-15)18(24-9-11-26-12-10-24)14-23-20(25)17-7-8-22-19(13-17)21-2/h3-8,13,18H,9-12,14H2,1-2H3,(H,21,22)(H,23,25). The number of aromatic nitrogens is 1. The van der Waals surface area contributed by atoms with Crippen LogP contribution in [0.3, 0.4) is 0 Å². The molecule has 138 valence electrons. The Balaban J connectivity index is 1.72. The second-order valence-electron chi connectivity index (χ2n) is 6.46. The van der Waals surface area contributed by atoms with Gasteiger partial charge >= 0.3 is 0 Å². The second-order valence-corrected chi connectivity index (χ2v) is 6.46. The van der Waals surface area contributed by atoms with Crippen LogP contribution >= 0.6 is 0 Å². The number of carbonyl (C=O) groups excluding carboxylic acids is 1. The van der Waals surface area contributed by atoms with E-state index in [1.54, 1.807) is 25.4 Å². The van der Waals surface area contributed by atoms with E-state index in [9.17, 15) is 4.79 Å². The number of carbonyl (C=O) groups is 1. The lowest BCUT2D eigenvalue weighted by molar-refractivity contribution is 0.0162. The number of anilines is 1. The Morgan fingerprint density at radius 3 is 2.65 bits per heavy atom. The zero-order chi connectivity index (χ0) is 18.4. The van der Waals surface area contributed by atoms with Crippen molar-refractivity contribution in [2.24, 2.45) is 0 Å². The quantitative estimate of drug-likeness (QED) is 0.833.